The van der Waals surface area contributed by atoms with Crippen molar-refractivity contribution in [3.8, 4) is 28.7 Å². The molecule has 8 nitrogen and oxygen atoms in total. The van der Waals surface area contributed by atoms with Gasteiger partial charge in [0.1, 0.15) is 11.5 Å². The summed E-state index contributed by atoms with van der Waals surface area (Å²) >= 11 is 0. The number of anilines is 1. The maximum atomic E-state index is 12.8. The van der Waals surface area contributed by atoms with Gasteiger partial charge in [0.2, 0.25) is 5.75 Å². The number of rotatable bonds is 11. The van der Waals surface area contributed by atoms with Crippen molar-refractivity contribution in [3.63, 3.8) is 0 Å². The first-order valence-electron chi connectivity index (χ1n) is 11.3. The SMILES string of the molecule is CCOc1cc(C(=O)Oc2ccc(C(=O)Nc3ccc(OC)cc3)cc2)cc(OCC)c1OCC. The summed E-state index contributed by atoms with van der Waals surface area (Å²) in [4.78, 5) is 25.4. The molecule has 8 heteroatoms. The van der Waals surface area contributed by atoms with E-state index in [1.165, 1.54) is 0 Å². The molecule has 0 spiro atoms. The molecule has 0 bridgehead atoms. The first kappa shape index (κ1) is 25.4. The average Bonchev–Trinajstić information content (AvgIpc) is 2.87. The van der Waals surface area contributed by atoms with Gasteiger partial charge in [-0.1, -0.05) is 0 Å². The summed E-state index contributed by atoms with van der Waals surface area (Å²) in [5.74, 6) is 1.35. The molecule has 1 amide bonds. The number of amides is 1. The van der Waals surface area contributed by atoms with E-state index in [1.807, 2.05) is 20.8 Å². The van der Waals surface area contributed by atoms with E-state index in [1.54, 1.807) is 67.8 Å². The van der Waals surface area contributed by atoms with E-state index in [-0.39, 0.29) is 11.5 Å². The number of carbonyl (C=O) groups is 2. The van der Waals surface area contributed by atoms with Gasteiger partial charge in [0.15, 0.2) is 11.5 Å². The molecule has 1 N–H and O–H groups in total. The fourth-order valence-electron chi connectivity index (χ4n) is 3.22. The van der Waals surface area contributed by atoms with Crippen LogP contribution >= 0.6 is 0 Å². The zero-order chi connectivity index (χ0) is 25.2. The fraction of sp³-hybridized carbons (Fsp3) is 0.259. The quantitative estimate of drug-likeness (QED) is 0.292. The maximum Gasteiger partial charge on any atom is 0.343 e. The predicted molar refractivity (Wildman–Crippen MR) is 132 cm³/mol. The van der Waals surface area contributed by atoms with E-state index in [0.29, 0.717) is 59.8 Å². The van der Waals surface area contributed by atoms with Crippen molar-refractivity contribution in [2.45, 2.75) is 20.8 Å². The number of benzene rings is 3. The molecule has 3 aromatic carbocycles. The number of esters is 1. The second-order valence-corrected chi connectivity index (χ2v) is 7.20. The van der Waals surface area contributed by atoms with E-state index < -0.39 is 5.97 Å². The van der Waals surface area contributed by atoms with Gasteiger partial charge in [-0.15, -0.1) is 0 Å². The monoisotopic (exact) mass is 479 g/mol. The highest BCUT2D eigenvalue weighted by Crippen LogP contribution is 2.39. The minimum atomic E-state index is -0.592. The molecule has 3 aromatic rings. The van der Waals surface area contributed by atoms with Gasteiger partial charge in [-0.2, -0.15) is 0 Å². The van der Waals surface area contributed by atoms with Crippen LogP contribution < -0.4 is 29.0 Å². The van der Waals surface area contributed by atoms with Gasteiger partial charge in [0.25, 0.3) is 5.91 Å². The third-order valence-corrected chi connectivity index (χ3v) is 4.82. The summed E-state index contributed by atoms with van der Waals surface area (Å²) in [7, 11) is 1.58. The Bertz CT molecular complexity index is 1110. The van der Waals surface area contributed by atoms with Crippen LogP contribution in [0.1, 0.15) is 41.5 Å². The van der Waals surface area contributed by atoms with Crippen LogP contribution in [-0.2, 0) is 0 Å². The minimum Gasteiger partial charge on any atom is -0.497 e. The number of nitrogens with one attached hydrogen (secondary N) is 1. The van der Waals surface area contributed by atoms with Gasteiger partial charge in [-0.3, -0.25) is 4.79 Å². The summed E-state index contributed by atoms with van der Waals surface area (Å²) in [6.07, 6.45) is 0. The van der Waals surface area contributed by atoms with E-state index in [0.717, 1.165) is 0 Å². The summed E-state index contributed by atoms with van der Waals surface area (Å²) in [6.45, 7) is 6.74. The largest absolute Gasteiger partial charge is 0.497 e. The molecule has 0 aromatic heterocycles. The molecule has 0 fully saturated rings. The van der Waals surface area contributed by atoms with Crippen LogP contribution in [0.4, 0.5) is 5.69 Å². The maximum absolute atomic E-state index is 12.8. The number of hydrogen-bond acceptors (Lipinski definition) is 7. The highest BCUT2D eigenvalue weighted by atomic mass is 16.5. The number of ether oxygens (including phenoxy) is 5. The highest BCUT2D eigenvalue weighted by Gasteiger charge is 2.20. The molecule has 0 aliphatic heterocycles. The molecule has 0 aliphatic rings. The Morgan fingerprint density at radius 1 is 0.714 bits per heavy atom. The molecular formula is C27H29NO7. The summed E-state index contributed by atoms with van der Waals surface area (Å²) in [6, 6.07) is 16.4. The third-order valence-electron chi connectivity index (χ3n) is 4.82. The smallest absolute Gasteiger partial charge is 0.343 e. The molecule has 0 aliphatic carbocycles. The Morgan fingerprint density at radius 3 is 1.77 bits per heavy atom. The Hall–Kier alpha value is -4.20. The number of hydrogen-bond donors (Lipinski definition) is 1. The zero-order valence-corrected chi connectivity index (χ0v) is 20.3. The van der Waals surface area contributed by atoms with E-state index in [2.05, 4.69) is 5.32 Å². The Kier molecular flexibility index (Phi) is 8.95. The Morgan fingerprint density at radius 2 is 1.26 bits per heavy atom. The molecule has 3 rings (SSSR count). The molecule has 0 radical (unpaired) electrons. The van der Waals surface area contributed by atoms with Crippen LogP contribution in [-0.4, -0.2) is 38.8 Å². The van der Waals surface area contributed by atoms with Crippen LogP contribution in [0.15, 0.2) is 60.7 Å². The standard InChI is InChI=1S/C27H29NO7/c1-5-32-23-16-19(17-24(33-6-2)25(23)34-7-3)27(30)35-22-12-8-18(9-13-22)26(29)28-20-10-14-21(31-4)15-11-20/h8-17H,5-7H2,1-4H3,(H,28,29). The summed E-state index contributed by atoms with van der Waals surface area (Å²) in [5.41, 5.74) is 1.30. The van der Waals surface area contributed by atoms with Gasteiger partial charge in [0.05, 0.1) is 32.5 Å². The Balaban J connectivity index is 1.73. The minimum absolute atomic E-state index is 0.252. The molecule has 35 heavy (non-hydrogen) atoms. The molecule has 0 saturated heterocycles. The predicted octanol–water partition coefficient (Wildman–Crippen LogP) is 5.36. The lowest BCUT2D eigenvalue weighted by Crippen LogP contribution is -2.13. The van der Waals surface area contributed by atoms with Crippen molar-refractivity contribution < 1.29 is 33.3 Å². The molecule has 184 valence electrons. The number of carbonyl (C=O) groups excluding carboxylic acids is 2. The van der Waals surface area contributed by atoms with Gasteiger partial charge < -0.3 is 29.0 Å². The van der Waals surface area contributed by atoms with Crippen molar-refractivity contribution in [1.29, 1.82) is 0 Å². The highest BCUT2D eigenvalue weighted by molar-refractivity contribution is 6.04. The first-order chi connectivity index (χ1) is 17.0. The molecule has 0 heterocycles. The fourth-order valence-corrected chi connectivity index (χ4v) is 3.22. The van der Waals surface area contributed by atoms with E-state index in [4.69, 9.17) is 23.7 Å². The molecule has 0 unspecified atom stereocenters. The van der Waals surface area contributed by atoms with Crippen molar-refractivity contribution in [2.24, 2.45) is 0 Å². The van der Waals surface area contributed by atoms with Crippen LogP contribution in [0, 0.1) is 0 Å². The first-order valence-corrected chi connectivity index (χ1v) is 11.3. The van der Waals surface area contributed by atoms with Crippen LogP contribution in [0.5, 0.6) is 28.7 Å². The van der Waals surface area contributed by atoms with E-state index in [9.17, 15) is 9.59 Å². The number of methoxy groups -OCH3 is 1. The molecule has 0 atom stereocenters. The lowest BCUT2D eigenvalue weighted by atomic mass is 10.1. The summed E-state index contributed by atoms with van der Waals surface area (Å²) < 4.78 is 27.6. The lowest BCUT2D eigenvalue weighted by molar-refractivity contribution is 0.0733. The van der Waals surface area contributed by atoms with Crippen molar-refractivity contribution in [3.05, 3.63) is 71.8 Å². The topological polar surface area (TPSA) is 92.3 Å². The second-order valence-electron chi connectivity index (χ2n) is 7.20. The van der Waals surface area contributed by atoms with Crippen molar-refractivity contribution >= 4 is 17.6 Å². The van der Waals surface area contributed by atoms with Gasteiger partial charge >= 0.3 is 5.97 Å². The van der Waals surface area contributed by atoms with Gasteiger partial charge in [0, 0.05) is 11.3 Å². The van der Waals surface area contributed by atoms with E-state index >= 15 is 0 Å². The average molecular weight is 480 g/mol. The van der Waals surface area contributed by atoms with Gasteiger partial charge in [-0.05, 0) is 81.4 Å². The Labute approximate surface area is 204 Å². The van der Waals surface area contributed by atoms with Crippen LogP contribution in [0.3, 0.4) is 0 Å². The summed E-state index contributed by atoms with van der Waals surface area (Å²) in [5, 5.41) is 2.81. The second kappa shape index (κ2) is 12.3. The third kappa shape index (κ3) is 6.66. The van der Waals surface area contributed by atoms with Crippen LogP contribution in [0.25, 0.3) is 0 Å². The molecular weight excluding hydrogens is 450 g/mol. The normalized spacial score (nSPS) is 10.3. The van der Waals surface area contributed by atoms with Crippen LogP contribution in [0.2, 0.25) is 0 Å². The molecule has 0 saturated carbocycles. The van der Waals surface area contributed by atoms with Crippen molar-refractivity contribution in [2.75, 3.05) is 32.2 Å². The zero-order valence-electron chi connectivity index (χ0n) is 20.3. The van der Waals surface area contributed by atoms with Crippen molar-refractivity contribution in [1.82, 2.24) is 0 Å². The van der Waals surface area contributed by atoms with Gasteiger partial charge in [-0.25, -0.2) is 4.79 Å². The lowest BCUT2D eigenvalue weighted by Gasteiger charge is -2.16.